The molecule has 86 valence electrons. The summed E-state index contributed by atoms with van der Waals surface area (Å²) in [7, 11) is 0. The highest BCUT2D eigenvalue weighted by atomic mass is 16.4. The van der Waals surface area contributed by atoms with Gasteiger partial charge < -0.3 is 15.5 Å². The maximum atomic E-state index is 11.0. The number of carbonyl (C=O) groups is 2. The highest BCUT2D eigenvalue weighted by Gasteiger charge is 2.03. The topological polar surface area (TPSA) is 86.6 Å². The molecule has 0 radical (unpaired) electrons. The number of nitrogens with one attached hydrogen (secondary N) is 1. The fraction of sp³-hybridized carbons (Fsp3) is 0.600. The quantitative estimate of drug-likeness (QED) is 0.419. The van der Waals surface area contributed by atoms with Crippen LogP contribution in [0.2, 0.25) is 0 Å². The van der Waals surface area contributed by atoms with Gasteiger partial charge in [-0.3, -0.25) is 9.59 Å². The summed E-state index contributed by atoms with van der Waals surface area (Å²) in [5.41, 5.74) is 0. The molecule has 0 heterocycles. The van der Waals surface area contributed by atoms with E-state index in [-0.39, 0.29) is 18.2 Å². The van der Waals surface area contributed by atoms with Gasteiger partial charge in [-0.05, 0) is 12.8 Å². The van der Waals surface area contributed by atoms with Crippen LogP contribution in [0.25, 0.3) is 0 Å². The summed E-state index contributed by atoms with van der Waals surface area (Å²) in [5, 5.41) is 19.3. The molecule has 0 aliphatic carbocycles. The lowest BCUT2D eigenvalue weighted by molar-refractivity contribution is -0.137. The van der Waals surface area contributed by atoms with Crippen LogP contribution in [0.5, 0.6) is 0 Å². The lowest BCUT2D eigenvalue weighted by Gasteiger charge is -2.02. The number of rotatable bonds is 8. The van der Waals surface area contributed by atoms with Gasteiger partial charge in [0.25, 0.3) is 0 Å². The van der Waals surface area contributed by atoms with Crippen molar-refractivity contribution in [2.24, 2.45) is 0 Å². The Morgan fingerprint density at radius 3 is 2.20 bits per heavy atom. The molecule has 5 heteroatoms. The molecule has 0 unspecified atom stereocenters. The van der Waals surface area contributed by atoms with Crippen molar-refractivity contribution in [2.75, 3.05) is 6.54 Å². The molecule has 3 N–H and O–H groups in total. The molecule has 0 aromatic rings. The molecule has 1 amide bonds. The average molecular weight is 215 g/mol. The largest absolute Gasteiger partial charge is 0.513 e. The van der Waals surface area contributed by atoms with E-state index >= 15 is 0 Å². The number of allylic oxidation sites excluding steroid dienone is 1. The van der Waals surface area contributed by atoms with Crippen LogP contribution in [0.3, 0.4) is 0 Å². The minimum absolute atomic E-state index is 0.158. The number of carbonyl (C=O) groups excluding carboxylic acids is 1. The minimum Gasteiger partial charge on any atom is -0.513 e. The van der Waals surface area contributed by atoms with E-state index in [2.05, 4.69) is 11.9 Å². The average Bonchev–Trinajstić information content (AvgIpc) is 2.13. The number of hydrogen-bond acceptors (Lipinski definition) is 3. The minimum atomic E-state index is -1.04. The van der Waals surface area contributed by atoms with E-state index in [4.69, 9.17) is 10.2 Å². The van der Waals surface area contributed by atoms with Crippen LogP contribution in [0.15, 0.2) is 12.3 Å². The fourth-order valence-electron chi connectivity index (χ4n) is 1.05. The van der Waals surface area contributed by atoms with Gasteiger partial charge in [0.1, 0.15) is 6.54 Å². The summed E-state index contributed by atoms with van der Waals surface area (Å²) in [6.45, 7) is 3.02. The number of unbranched alkanes of at least 4 members (excludes halogenated alkanes) is 2. The first kappa shape index (κ1) is 13.5. The Morgan fingerprint density at radius 1 is 1.07 bits per heavy atom. The second-order valence-electron chi connectivity index (χ2n) is 3.30. The Labute approximate surface area is 88.8 Å². The molecule has 0 saturated heterocycles. The van der Waals surface area contributed by atoms with Crippen LogP contribution in [0.4, 0.5) is 0 Å². The Morgan fingerprint density at radius 2 is 1.67 bits per heavy atom. The smallest absolute Gasteiger partial charge is 0.322 e. The molecule has 0 aliphatic heterocycles. The van der Waals surface area contributed by atoms with Crippen molar-refractivity contribution in [3.8, 4) is 0 Å². The van der Waals surface area contributed by atoms with Crippen molar-refractivity contribution < 1.29 is 19.8 Å². The second-order valence-corrected chi connectivity index (χ2v) is 3.30. The first-order valence-corrected chi connectivity index (χ1v) is 4.87. The molecule has 0 bridgehead atoms. The molecule has 0 atom stereocenters. The molecule has 15 heavy (non-hydrogen) atoms. The molecule has 0 fully saturated rings. The van der Waals surface area contributed by atoms with E-state index in [1.807, 2.05) is 0 Å². The number of aliphatic hydroxyl groups excluding tert-OH is 1. The Hall–Kier alpha value is -1.52. The van der Waals surface area contributed by atoms with Gasteiger partial charge in [-0.15, -0.1) is 0 Å². The van der Waals surface area contributed by atoms with Crippen LogP contribution < -0.4 is 5.32 Å². The zero-order chi connectivity index (χ0) is 11.7. The van der Waals surface area contributed by atoms with E-state index in [0.29, 0.717) is 19.3 Å². The normalized spacial score (nSPS) is 9.60. The number of hydrogen-bond donors (Lipinski definition) is 3. The zero-order valence-electron chi connectivity index (χ0n) is 8.66. The third-order valence-electron chi connectivity index (χ3n) is 1.81. The molecule has 0 aliphatic rings. The van der Waals surface area contributed by atoms with E-state index in [9.17, 15) is 9.59 Å². The summed E-state index contributed by atoms with van der Waals surface area (Å²) < 4.78 is 0. The van der Waals surface area contributed by atoms with Crippen molar-refractivity contribution in [1.82, 2.24) is 5.32 Å². The summed E-state index contributed by atoms with van der Waals surface area (Å²) >= 11 is 0. The molecular weight excluding hydrogens is 198 g/mol. The predicted octanol–water partition coefficient (Wildman–Crippen LogP) is 1.21. The highest BCUT2D eigenvalue weighted by Crippen LogP contribution is 2.06. The summed E-state index contributed by atoms with van der Waals surface area (Å²) in [5.74, 6) is -1.13. The van der Waals surface area contributed by atoms with Crippen LogP contribution in [0, 0.1) is 0 Å². The molecule has 0 saturated carbocycles. The SMILES string of the molecule is C=C(O)CCCCCC(=O)NCC(=O)O. The van der Waals surface area contributed by atoms with Crippen molar-refractivity contribution in [1.29, 1.82) is 0 Å². The van der Waals surface area contributed by atoms with Crippen LogP contribution >= 0.6 is 0 Å². The van der Waals surface area contributed by atoms with E-state index < -0.39 is 5.97 Å². The number of amides is 1. The Kier molecular flexibility index (Phi) is 7.05. The monoisotopic (exact) mass is 215 g/mol. The maximum Gasteiger partial charge on any atom is 0.322 e. The maximum absolute atomic E-state index is 11.0. The molecular formula is C10H17NO4. The van der Waals surface area contributed by atoms with Gasteiger partial charge in [0.2, 0.25) is 5.91 Å². The first-order valence-electron chi connectivity index (χ1n) is 4.87. The molecule has 0 aromatic heterocycles. The molecule has 0 aromatic carbocycles. The fourth-order valence-corrected chi connectivity index (χ4v) is 1.05. The van der Waals surface area contributed by atoms with Crippen LogP contribution in [-0.2, 0) is 9.59 Å². The molecule has 0 spiro atoms. The molecule has 0 rings (SSSR count). The van der Waals surface area contributed by atoms with Crippen molar-refractivity contribution >= 4 is 11.9 Å². The first-order chi connectivity index (χ1) is 7.02. The van der Waals surface area contributed by atoms with E-state index in [1.165, 1.54) is 0 Å². The van der Waals surface area contributed by atoms with Gasteiger partial charge in [0.15, 0.2) is 0 Å². The number of carboxylic acid groups (broad SMARTS) is 1. The lowest BCUT2D eigenvalue weighted by atomic mass is 10.1. The number of aliphatic carboxylic acids is 1. The zero-order valence-corrected chi connectivity index (χ0v) is 8.66. The summed E-state index contributed by atoms with van der Waals surface area (Å²) in [6, 6.07) is 0. The van der Waals surface area contributed by atoms with Gasteiger partial charge in [0.05, 0.1) is 5.76 Å². The van der Waals surface area contributed by atoms with Gasteiger partial charge in [0, 0.05) is 12.8 Å². The van der Waals surface area contributed by atoms with Gasteiger partial charge >= 0.3 is 5.97 Å². The van der Waals surface area contributed by atoms with Crippen molar-refractivity contribution in [2.45, 2.75) is 32.1 Å². The predicted molar refractivity (Wildman–Crippen MR) is 55.5 cm³/mol. The van der Waals surface area contributed by atoms with E-state index in [0.717, 1.165) is 12.8 Å². The van der Waals surface area contributed by atoms with Gasteiger partial charge in [-0.1, -0.05) is 13.0 Å². The summed E-state index contributed by atoms with van der Waals surface area (Å²) in [4.78, 5) is 21.1. The Bertz CT molecular complexity index is 238. The van der Waals surface area contributed by atoms with Crippen molar-refractivity contribution in [3.05, 3.63) is 12.3 Å². The number of carboxylic acids is 1. The van der Waals surface area contributed by atoms with Crippen molar-refractivity contribution in [3.63, 3.8) is 0 Å². The highest BCUT2D eigenvalue weighted by molar-refractivity contribution is 5.80. The third-order valence-corrected chi connectivity index (χ3v) is 1.81. The van der Waals surface area contributed by atoms with Gasteiger partial charge in [-0.25, -0.2) is 0 Å². The number of aliphatic hydroxyl groups is 1. The standard InChI is InChI=1S/C10H17NO4/c1-8(12)5-3-2-4-6-9(13)11-7-10(14)15/h12H,1-7H2,(H,11,13)(H,14,15). The van der Waals surface area contributed by atoms with Crippen LogP contribution in [0.1, 0.15) is 32.1 Å². The van der Waals surface area contributed by atoms with E-state index in [1.54, 1.807) is 0 Å². The summed E-state index contributed by atoms with van der Waals surface area (Å²) in [6.07, 6.45) is 3.18. The second kappa shape index (κ2) is 7.84. The third kappa shape index (κ3) is 10.4. The lowest BCUT2D eigenvalue weighted by Crippen LogP contribution is -2.28. The van der Waals surface area contributed by atoms with Gasteiger partial charge in [-0.2, -0.15) is 0 Å². The van der Waals surface area contributed by atoms with Crippen LogP contribution in [-0.4, -0.2) is 28.6 Å². The Balaban J connectivity index is 3.31. The molecule has 5 nitrogen and oxygen atoms in total.